The molecule has 0 unspecified atom stereocenters. The van der Waals surface area contributed by atoms with Crippen molar-refractivity contribution in [2.75, 3.05) is 34.4 Å². The Morgan fingerprint density at radius 1 is 0.658 bits per heavy atom. The van der Waals surface area contributed by atoms with E-state index >= 15 is 8.42 Å². The summed E-state index contributed by atoms with van der Waals surface area (Å²) in [6.45, 7) is 12.7. The van der Waals surface area contributed by atoms with Gasteiger partial charge in [0.05, 0.1) is 38.3 Å². The maximum absolute atomic E-state index is 16.4. The first-order valence-corrected chi connectivity index (χ1v) is 27.6. The van der Waals surface area contributed by atoms with Gasteiger partial charge in [0.15, 0.2) is 0 Å². The molecule has 0 radical (unpaired) electrons. The van der Waals surface area contributed by atoms with Crippen LogP contribution in [0.2, 0.25) is 0 Å². The lowest BCUT2D eigenvalue weighted by molar-refractivity contribution is 0.0204. The first-order valence-electron chi connectivity index (χ1n) is 26.2. The number of benzene rings is 5. The van der Waals surface area contributed by atoms with Gasteiger partial charge >= 0.3 is 12.2 Å². The normalized spacial score (nSPS) is 16.5. The van der Waals surface area contributed by atoms with E-state index in [9.17, 15) is 9.59 Å². The molecule has 1 aliphatic heterocycles. The molecule has 1 saturated carbocycles. The summed E-state index contributed by atoms with van der Waals surface area (Å²) in [5.74, 6) is 2.50. The molecule has 76 heavy (non-hydrogen) atoms. The molecule has 0 atom stereocenters. The minimum absolute atomic E-state index is 0.0436. The Hall–Kier alpha value is -6.98. The highest BCUT2D eigenvalue weighted by Crippen LogP contribution is 2.43. The Labute approximate surface area is 448 Å². The Kier molecular flexibility index (Phi) is 17.4. The molecule has 2 aliphatic rings. The number of hydrogen-bond acceptors (Lipinski definition) is 12. The van der Waals surface area contributed by atoms with Gasteiger partial charge in [0.25, 0.3) is 0 Å². The zero-order chi connectivity index (χ0) is 54.2. The van der Waals surface area contributed by atoms with Crippen LogP contribution in [-0.2, 0) is 45.6 Å². The van der Waals surface area contributed by atoms with Crippen LogP contribution in [0.4, 0.5) is 9.59 Å². The van der Waals surface area contributed by atoms with E-state index in [4.69, 9.17) is 33.9 Å². The molecule has 0 spiro atoms. The van der Waals surface area contributed by atoms with E-state index in [1.165, 1.54) is 9.10 Å². The molecule has 6 aromatic rings. The summed E-state index contributed by atoms with van der Waals surface area (Å²) in [6, 6.07) is 34.6. The Morgan fingerprint density at radius 2 is 1.18 bits per heavy atom. The summed E-state index contributed by atoms with van der Waals surface area (Å²) < 4.78 is 61.9. The third-order valence-corrected chi connectivity index (χ3v) is 15.9. The van der Waals surface area contributed by atoms with Crippen LogP contribution >= 0.6 is 0 Å². The average Bonchev–Trinajstić information content (AvgIpc) is 3.87. The van der Waals surface area contributed by atoms with Gasteiger partial charge in [-0.05, 0) is 179 Å². The van der Waals surface area contributed by atoms with Crippen LogP contribution in [0.15, 0.2) is 114 Å². The summed E-state index contributed by atoms with van der Waals surface area (Å²) in [5, 5.41) is 17.3. The van der Waals surface area contributed by atoms with Gasteiger partial charge < -0.3 is 33.9 Å². The number of carbonyl (C=O) groups is 2. The second kappa shape index (κ2) is 23.9. The number of amides is 2. The van der Waals surface area contributed by atoms with Gasteiger partial charge in [-0.25, -0.2) is 18.0 Å². The molecule has 8 rings (SSSR count). The minimum atomic E-state index is -4.45. The number of ether oxygens (including phenoxy) is 5. The van der Waals surface area contributed by atoms with Crippen LogP contribution < -0.4 is 19.5 Å². The second-order valence-corrected chi connectivity index (χ2v) is 23.7. The van der Waals surface area contributed by atoms with Crippen LogP contribution in [0.25, 0.3) is 22.5 Å². The van der Waals surface area contributed by atoms with Crippen molar-refractivity contribution in [2.45, 2.75) is 134 Å². The van der Waals surface area contributed by atoms with Crippen molar-refractivity contribution < 1.29 is 41.7 Å². The van der Waals surface area contributed by atoms with Crippen molar-refractivity contribution in [1.82, 2.24) is 34.7 Å². The molecule has 404 valence electrons. The molecule has 1 aliphatic carbocycles. The number of nitrogens with one attached hydrogen (secondary N) is 1. The van der Waals surface area contributed by atoms with E-state index in [1.54, 1.807) is 26.2 Å². The van der Waals surface area contributed by atoms with Gasteiger partial charge in [-0.3, -0.25) is 0 Å². The summed E-state index contributed by atoms with van der Waals surface area (Å²) in [6.07, 6.45) is 4.20. The summed E-state index contributed by atoms with van der Waals surface area (Å²) in [5.41, 5.74) is 4.78. The van der Waals surface area contributed by atoms with Gasteiger partial charge in [-0.2, -0.15) is 9.10 Å². The third-order valence-electron chi connectivity index (χ3n) is 13.9. The van der Waals surface area contributed by atoms with Gasteiger partial charge in [-0.15, -0.1) is 10.2 Å². The predicted octanol–water partition coefficient (Wildman–Crippen LogP) is 11.2. The van der Waals surface area contributed by atoms with Gasteiger partial charge in [0.1, 0.15) is 28.5 Å². The average molecular weight is 1060 g/mol. The highest BCUT2D eigenvalue weighted by molar-refractivity contribution is 7.89. The van der Waals surface area contributed by atoms with Crippen LogP contribution in [0.5, 0.6) is 17.2 Å². The lowest BCUT2D eigenvalue weighted by Gasteiger charge is -2.33. The molecule has 5 aromatic carbocycles. The van der Waals surface area contributed by atoms with E-state index in [0.717, 1.165) is 53.5 Å². The number of sulfonamides is 1. The Balaban J connectivity index is 1.23. The third kappa shape index (κ3) is 14.3. The SMILES string of the molecule is COc1ccc(CN(Cc2ccc(OC)cc2)S(=O)(=O)c2c(C[C@H]3CC[C@H](NC(=O)OC(C)(C)C)CC3)ccc(-c3ccc(C4CCN(C(=O)OC(C)(C)C)CC4)cc3)c2-c2nnn(Cc3ccc(OC)cc3)n2)cc1. The zero-order valence-corrected chi connectivity index (χ0v) is 46.2. The number of aromatic nitrogens is 4. The lowest BCUT2D eigenvalue weighted by atomic mass is 9.81. The number of alkyl carbamates (subject to hydrolysis) is 1. The molecule has 1 N–H and O–H groups in total. The van der Waals surface area contributed by atoms with Crippen molar-refractivity contribution in [1.29, 1.82) is 0 Å². The predicted molar refractivity (Wildman–Crippen MR) is 292 cm³/mol. The van der Waals surface area contributed by atoms with Crippen LogP contribution in [-0.4, -0.2) is 102 Å². The Morgan fingerprint density at radius 3 is 1.70 bits per heavy atom. The van der Waals surface area contributed by atoms with Gasteiger partial charge in [-0.1, -0.05) is 72.8 Å². The van der Waals surface area contributed by atoms with Crippen molar-refractivity contribution in [2.24, 2.45) is 5.92 Å². The van der Waals surface area contributed by atoms with Crippen molar-refractivity contribution in [3.05, 3.63) is 137 Å². The molecule has 1 saturated heterocycles. The van der Waals surface area contributed by atoms with Crippen molar-refractivity contribution in [3.8, 4) is 39.8 Å². The number of rotatable bonds is 17. The van der Waals surface area contributed by atoms with Crippen LogP contribution in [0.3, 0.4) is 0 Å². The van der Waals surface area contributed by atoms with E-state index < -0.39 is 27.3 Å². The number of piperidine rings is 1. The highest BCUT2D eigenvalue weighted by Gasteiger charge is 2.36. The number of hydrogen-bond donors (Lipinski definition) is 1. The number of likely N-dealkylation sites (tertiary alicyclic amines) is 1. The maximum atomic E-state index is 16.4. The molecular formula is C59H73N7O9S. The van der Waals surface area contributed by atoms with E-state index in [2.05, 4.69) is 22.7 Å². The summed E-state index contributed by atoms with van der Waals surface area (Å²) in [4.78, 5) is 29.1. The van der Waals surface area contributed by atoms with Gasteiger partial charge in [0, 0.05) is 32.2 Å². The van der Waals surface area contributed by atoms with Crippen LogP contribution in [0.1, 0.15) is 114 Å². The molecular weight excluding hydrogens is 983 g/mol. The molecule has 1 aromatic heterocycles. The molecule has 0 bridgehead atoms. The first kappa shape index (κ1) is 55.3. The highest BCUT2D eigenvalue weighted by atomic mass is 32.2. The molecule has 2 heterocycles. The zero-order valence-electron chi connectivity index (χ0n) is 45.4. The molecule has 17 heteroatoms. The maximum Gasteiger partial charge on any atom is 0.410 e. The molecule has 16 nitrogen and oxygen atoms in total. The van der Waals surface area contributed by atoms with E-state index in [-0.39, 0.29) is 54.3 Å². The minimum Gasteiger partial charge on any atom is -0.497 e. The number of nitrogens with zero attached hydrogens (tertiary/aromatic N) is 6. The number of tetrazole rings is 1. The first-order chi connectivity index (χ1) is 36.3. The van der Waals surface area contributed by atoms with Crippen molar-refractivity contribution >= 4 is 22.2 Å². The summed E-state index contributed by atoms with van der Waals surface area (Å²) in [7, 11) is 0.369. The fourth-order valence-corrected chi connectivity index (χ4v) is 11.9. The number of methoxy groups -OCH3 is 3. The largest absolute Gasteiger partial charge is 0.497 e. The fraction of sp³-hybridized carbons (Fsp3) is 0.441. The number of carbonyl (C=O) groups excluding carboxylic acids is 2. The fourth-order valence-electron chi connectivity index (χ4n) is 10.0. The second-order valence-electron chi connectivity index (χ2n) is 21.9. The lowest BCUT2D eigenvalue weighted by Crippen LogP contribution is -2.41. The standard InChI is InChI=1S/C59H73N7O9S/c1-58(2,3)74-56(67)60-48-23-10-40(11-24-48)36-47-22-31-52(46-20-18-44(19-21-46)45-32-34-64(35-33-45)57(68)75-59(4,5)6)53(55-61-63-66(62-55)39-43-16-29-51(73-9)30-17-43)54(47)76(69,70)65(37-41-12-25-49(71-7)26-13-41)38-42-14-27-50(72-8)28-15-42/h12-22,25-31,40,45,48H,10-11,23-24,32-39H2,1-9H3,(H,60,67)/t40-,48-. The molecule has 2 amide bonds. The summed E-state index contributed by atoms with van der Waals surface area (Å²) >= 11 is 0. The Bertz CT molecular complexity index is 2960. The molecule has 2 fully saturated rings. The topological polar surface area (TPSA) is 177 Å². The quantitative estimate of drug-likeness (QED) is 0.0916. The van der Waals surface area contributed by atoms with Crippen LogP contribution in [0, 0.1) is 5.92 Å². The monoisotopic (exact) mass is 1060 g/mol. The van der Waals surface area contributed by atoms with Gasteiger partial charge in [0.2, 0.25) is 15.8 Å². The van der Waals surface area contributed by atoms with Crippen molar-refractivity contribution in [3.63, 3.8) is 0 Å². The van der Waals surface area contributed by atoms with E-state index in [0.29, 0.717) is 66.3 Å². The van der Waals surface area contributed by atoms with E-state index in [1.807, 2.05) is 139 Å². The smallest absolute Gasteiger partial charge is 0.410 e.